The van der Waals surface area contributed by atoms with Crippen LogP contribution in [-0.2, 0) is 61.0 Å². The third kappa shape index (κ3) is 6.69. The Hall–Kier alpha value is -4.85. The number of aromatic amines is 1. The predicted molar refractivity (Wildman–Crippen MR) is 233 cm³/mol. The molecule has 1 aliphatic carbocycles. The third-order valence-electron chi connectivity index (χ3n) is 15.4. The fourth-order valence-electron chi connectivity index (χ4n) is 13.3. The number of hydrogen-bond donors (Lipinski definition) is 4. The van der Waals surface area contributed by atoms with Gasteiger partial charge in [-0.2, -0.15) is 8.42 Å². The van der Waals surface area contributed by atoms with Gasteiger partial charge in [-0.15, -0.1) is 0 Å². The van der Waals surface area contributed by atoms with Crippen LogP contribution in [0.25, 0.3) is 10.9 Å². The van der Waals surface area contributed by atoms with E-state index in [4.69, 9.17) is 36.5 Å². The first kappa shape index (κ1) is 45.7. The number of carbonyl (C=O) groups excluding carboxylic acids is 4. The largest absolute Gasteiger partial charge is 0.496 e. The van der Waals surface area contributed by atoms with Crippen LogP contribution in [0.5, 0.6) is 5.75 Å². The van der Waals surface area contributed by atoms with Crippen molar-refractivity contribution in [2.75, 3.05) is 59.0 Å². The molecule has 3 aromatic rings. The SMILES string of the molecule is CC[C@@H]1C[C@@H]2CN(CCc3c([nH]c4ccccc34)[C@@](C(=O)OC)(c3cc4c(cc3OC)N(C=O)[C@H]3[C@@](O)(C(=O)OC)[C@H](OC(C)=O)[C@]5(CC)C=CCN6CC[C@]43[C@@H]65)C2)C1.O=S(=O)(O)O. The van der Waals surface area contributed by atoms with Crippen molar-refractivity contribution in [2.45, 2.75) is 93.9 Å². The van der Waals surface area contributed by atoms with Crippen molar-refractivity contribution in [3.63, 3.8) is 0 Å². The van der Waals surface area contributed by atoms with Gasteiger partial charge in [-0.25, -0.2) is 4.79 Å². The number of methoxy groups -OCH3 is 3. The molecule has 2 saturated heterocycles. The Kier molecular flexibility index (Phi) is 11.8. The van der Waals surface area contributed by atoms with Crippen LogP contribution in [0.1, 0.15) is 75.3 Å². The lowest BCUT2D eigenvalue weighted by molar-refractivity contribution is -0.228. The predicted octanol–water partition coefficient (Wildman–Crippen LogP) is 3.75. The highest BCUT2D eigenvalue weighted by atomic mass is 32.3. The van der Waals surface area contributed by atoms with Gasteiger partial charge in [-0.3, -0.25) is 28.4 Å². The second-order valence-corrected chi connectivity index (χ2v) is 19.2. The lowest BCUT2D eigenvalue weighted by atomic mass is 9.47. The van der Waals surface area contributed by atoms with Crippen molar-refractivity contribution in [1.82, 2.24) is 14.8 Å². The first-order valence-electron chi connectivity index (χ1n) is 21.9. The average Bonchev–Trinajstić information content (AvgIpc) is 3.95. The molecule has 10 atom stereocenters. The molecule has 1 unspecified atom stereocenters. The van der Waals surface area contributed by atoms with Crippen LogP contribution in [0, 0.1) is 17.3 Å². The highest BCUT2D eigenvalue weighted by Gasteiger charge is 2.81. The molecule has 4 N–H and O–H groups in total. The monoisotopic (exact) mass is 906 g/mol. The summed E-state index contributed by atoms with van der Waals surface area (Å²) in [6.07, 6.45) is 7.25. The smallest absolute Gasteiger partial charge is 0.394 e. The van der Waals surface area contributed by atoms with Crippen LogP contribution >= 0.6 is 0 Å². The number of ether oxygens (including phenoxy) is 4. The van der Waals surface area contributed by atoms with Crippen LogP contribution in [0.15, 0.2) is 48.6 Å². The Morgan fingerprint density at radius 1 is 0.984 bits per heavy atom. The molecule has 2 aromatic carbocycles. The lowest BCUT2D eigenvalue weighted by Gasteiger charge is -2.63. The van der Waals surface area contributed by atoms with Crippen molar-refractivity contribution >= 4 is 51.3 Å². The van der Waals surface area contributed by atoms with E-state index in [-0.39, 0.29) is 5.92 Å². The maximum Gasteiger partial charge on any atom is 0.394 e. The second-order valence-electron chi connectivity index (χ2n) is 18.3. The number of esters is 3. The number of nitrogens with one attached hydrogen (secondary N) is 1. The zero-order valence-corrected chi connectivity index (χ0v) is 37.9. The van der Waals surface area contributed by atoms with E-state index >= 15 is 4.79 Å². The number of para-hydroxylation sites is 1. The van der Waals surface area contributed by atoms with Gasteiger partial charge in [0.2, 0.25) is 12.0 Å². The summed E-state index contributed by atoms with van der Waals surface area (Å²) in [6.45, 7) is 9.32. The van der Waals surface area contributed by atoms with Gasteiger partial charge in [-0.05, 0) is 73.7 Å². The number of aromatic nitrogens is 1. The molecule has 18 heteroatoms. The van der Waals surface area contributed by atoms with Crippen LogP contribution < -0.4 is 9.64 Å². The van der Waals surface area contributed by atoms with E-state index in [2.05, 4.69) is 27.8 Å². The first-order chi connectivity index (χ1) is 30.4. The summed E-state index contributed by atoms with van der Waals surface area (Å²) in [5.74, 6) is -1.12. The van der Waals surface area contributed by atoms with E-state index in [1.165, 1.54) is 26.0 Å². The summed E-state index contributed by atoms with van der Waals surface area (Å²) in [5.41, 5.74) is -1.54. The van der Waals surface area contributed by atoms with Gasteiger partial charge < -0.3 is 38.8 Å². The number of H-pyrrole nitrogens is 1. The molecule has 3 fully saturated rings. The van der Waals surface area contributed by atoms with Crippen LogP contribution in [-0.4, -0.2) is 140 Å². The van der Waals surface area contributed by atoms with Gasteiger partial charge in [0.25, 0.3) is 0 Å². The van der Waals surface area contributed by atoms with E-state index in [9.17, 15) is 19.5 Å². The number of rotatable bonds is 8. The Bertz CT molecular complexity index is 2500. The topological polar surface area (TPSA) is 226 Å². The molecule has 1 saturated carbocycles. The van der Waals surface area contributed by atoms with Gasteiger partial charge in [0.15, 0.2) is 6.10 Å². The summed E-state index contributed by atoms with van der Waals surface area (Å²) < 4.78 is 55.4. The van der Waals surface area contributed by atoms with Gasteiger partial charge >= 0.3 is 28.3 Å². The Morgan fingerprint density at radius 2 is 1.70 bits per heavy atom. The molecule has 1 aromatic heterocycles. The first-order valence-corrected chi connectivity index (χ1v) is 23.3. The average molecular weight is 907 g/mol. The number of anilines is 1. The van der Waals surface area contributed by atoms with E-state index in [1.807, 2.05) is 43.3 Å². The van der Waals surface area contributed by atoms with E-state index in [1.54, 1.807) is 13.2 Å². The van der Waals surface area contributed by atoms with Crippen LogP contribution in [0.3, 0.4) is 0 Å². The van der Waals surface area contributed by atoms with Crippen molar-refractivity contribution in [1.29, 1.82) is 0 Å². The van der Waals surface area contributed by atoms with Crippen LogP contribution in [0.2, 0.25) is 0 Å². The van der Waals surface area contributed by atoms with Crippen LogP contribution in [0.4, 0.5) is 5.69 Å². The number of fused-ring (bicyclic) bond motifs is 6. The summed E-state index contributed by atoms with van der Waals surface area (Å²) in [4.78, 5) is 66.5. The zero-order chi connectivity index (χ0) is 46.1. The minimum Gasteiger partial charge on any atom is -0.496 e. The summed E-state index contributed by atoms with van der Waals surface area (Å²) >= 11 is 0. The van der Waals surface area contributed by atoms with Gasteiger partial charge in [-0.1, -0.05) is 50.6 Å². The number of hydrogen-bond acceptors (Lipinski definition) is 13. The molecule has 1 amide bonds. The Labute approximate surface area is 372 Å². The standard InChI is InChI=1S/C46H56N4O9.H2O4S/c1-7-28-20-29-23-45(41(53)57-5,37-31(14-18-48(24-28)25-29)30-12-9-10-13-34(30)47-37)33-21-32-35(22-36(33)56-4)50(26-51)39-44(32)16-19-49-17-11-15-43(8-2,38(44)49)40(59-27(3)52)46(39,55)42(54)58-6;1-5(2,3)4/h9-13,15,21-22,26,28-29,38-40,47,55H,7-8,14,16-20,23-25H2,1-6H3;(H2,1,2,3,4)/t28-,29+,38+,39-,40-,43-,44-,45+,46+;/m1./s1. The highest BCUT2D eigenvalue weighted by Crippen LogP contribution is 2.68. The molecule has 2 bridgehead atoms. The van der Waals surface area contributed by atoms with Gasteiger partial charge in [0.05, 0.1) is 33.1 Å². The zero-order valence-electron chi connectivity index (χ0n) is 37.0. The minimum absolute atomic E-state index is 0.127. The van der Waals surface area contributed by atoms with Crippen molar-refractivity contribution in [2.24, 2.45) is 17.3 Å². The lowest BCUT2D eigenvalue weighted by Crippen LogP contribution is -2.81. The number of piperidine rings is 1. The number of amides is 1. The summed E-state index contributed by atoms with van der Waals surface area (Å²) in [7, 11) is -0.472. The molecular formula is C46H58N4O13S. The molecular weight excluding hydrogens is 849 g/mol. The number of carbonyl (C=O) groups is 4. The van der Waals surface area contributed by atoms with E-state index < -0.39 is 68.3 Å². The second kappa shape index (κ2) is 16.5. The fraction of sp³-hybridized carbons (Fsp3) is 0.565. The van der Waals surface area contributed by atoms with Gasteiger partial charge in [0, 0.05) is 78.2 Å². The Morgan fingerprint density at radius 3 is 2.34 bits per heavy atom. The molecule has 6 heterocycles. The van der Waals surface area contributed by atoms with Gasteiger partial charge in [0.1, 0.15) is 11.2 Å². The number of aliphatic hydroxyl groups is 1. The van der Waals surface area contributed by atoms with E-state index in [0.29, 0.717) is 73.7 Å². The molecule has 0 radical (unpaired) electrons. The minimum atomic E-state index is -4.67. The molecule has 346 valence electrons. The molecule has 64 heavy (non-hydrogen) atoms. The molecule has 1 spiro atoms. The highest BCUT2D eigenvalue weighted by molar-refractivity contribution is 7.79. The van der Waals surface area contributed by atoms with Crippen molar-refractivity contribution < 1.29 is 60.8 Å². The third-order valence-corrected chi connectivity index (χ3v) is 15.4. The van der Waals surface area contributed by atoms with Crippen molar-refractivity contribution in [3.05, 3.63) is 70.9 Å². The molecule has 5 aliphatic heterocycles. The number of benzene rings is 2. The maximum atomic E-state index is 15.3. The molecule has 9 rings (SSSR count). The summed E-state index contributed by atoms with van der Waals surface area (Å²) in [6, 6.07) is 10.3. The molecule has 6 aliphatic rings. The van der Waals surface area contributed by atoms with E-state index in [0.717, 1.165) is 54.6 Å². The summed E-state index contributed by atoms with van der Waals surface area (Å²) in [5, 5.41) is 14.3. The van der Waals surface area contributed by atoms with Crippen molar-refractivity contribution in [3.8, 4) is 5.75 Å². The number of nitrogens with zero attached hydrogens (tertiary/aromatic N) is 3. The molecule has 17 nitrogen and oxygen atoms in total. The normalized spacial score (nSPS) is 33.7. The maximum absolute atomic E-state index is 15.3. The Balaban J connectivity index is 0.00000106. The fourth-order valence-corrected chi connectivity index (χ4v) is 13.3. The quantitative estimate of drug-likeness (QED) is 0.0831.